The minimum atomic E-state index is -0.856. The molecule has 3 aliphatic rings. The molecule has 0 aliphatic carbocycles. The zero-order valence-corrected chi connectivity index (χ0v) is 19.5. The van der Waals surface area contributed by atoms with E-state index in [-0.39, 0.29) is 17.0 Å². The van der Waals surface area contributed by atoms with Crippen LogP contribution in [0.3, 0.4) is 0 Å². The van der Waals surface area contributed by atoms with Gasteiger partial charge in [-0.05, 0) is 29.3 Å². The molecule has 2 amide bonds. The molecule has 0 saturated carbocycles. The van der Waals surface area contributed by atoms with Crippen molar-refractivity contribution in [3.05, 3.63) is 71.4 Å². The number of ether oxygens (including phenoxy) is 1. The molecule has 2 aromatic carbocycles. The van der Waals surface area contributed by atoms with Gasteiger partial charge in [0.1, 0.15) is 6.04 Å². The third-order valence-electron chi connectivity index (χ3n) is 7.02. The molecule has 0 spiro atoms. The summed E-state index contributed by atoms with van der Waals surface area (Å²) in [5.41, 5.74) is 1.47. The van der Waals surface area contributed by atoms with Gasteiger partial charge in [0.15, 0.2) is 5.78 Å². The number of methoxy groups -OCH3 is 1. The number of nitrogens with zero attached hydrogens (tertiary/aromatic N) is 2. The van der Waals surface area contributed by atoms with Gasteiger partial charge in [-0.15, -0.1) is 0 Å². The number of hydrogen-bond donors (Lipinski definition) is 0. The van der Waals surface area contributed by atoms with Gasteiger partial charge in [0, 0.05) is 11.6 Å². The Morgan fingerprint density at radius 1 is 0.912 bits per heavy atom. The van der Waals surface area contributed by atoms with E-state index in [0.717, 1.165) is 16.0 Å². The molecule has 2 saturated heterocycles. The van der Waals surface area contributed by atoms with Crippen LogP contribution in [0.1, 0.15) is 48.3 Å². The van der Waals surface area contributed by atoms with Crippen LogP contribution in [0.15, 0.2) is 54.7 Å². The van der Waals surface area contributed by atoms with Gasteiger partial charge in [0.05, 0.1) is 36.2 Å². The van der Waals surface area contributed by atoms with E-state index in [9.17, 15) is 19.2 Å². The molecule has 0 bridgehead atoms. The monoisotopic (exact) mass is 458 g/mol. The Bertz CT molecular complexity index is 1260. The van der Waals surface area contributed by atoms with Crippen molar-refractivity contribution in [3.63, 3.8) is 0 Å². The quantitative estimate of drug-likeness (QED) is 0.516. The highest BCUT2D eigenvalue weighted by atomic mass is 16.5. The molecule has 174 valence electrons. The number of fused-ring (bicyclic) bond motifs is 5. The van der Waals surface area contributed by atoms with Gasteiger partial charge in [-0.2, -0.15) is 0 Å². The van der Waals surface area contributed by atoms with Crippen molar-refractivity contribution < 1.29 is 23.9 Å². The number of ketones is 1. The summed E-state index contributed by atoms with van der Waals surface area (Å²) in [6.07, 6.45) is 3.77. The minimum Gasteiger partial charge on any atom is -0.465 e. The van der Waals surface area contributed by atoms with E-state index in [1.807, 2.05) is 62.2 Å². The van der Waals surface area contributed by atoms with E-state index >= 15 is 0 Å². The van der Waals surface area contributed by atoms with Crippen molar-refractivity contribution in [2.24, 2.45) is 17.3 Å². The molecule has 7 nitrogen and oxygen atoms in total. The number of imide groups is 1. The average Bonchev–Trinajstić information content (AvgIpc) is 3.30. The molecule has 0 N–H and O–H groups in total. The summed E-state index contributed by atoms with van der Waals surface area (Å²) in [6, 6.07) is 12.9. The third-order valence-corrected chi connectivity index (χ3v) is 7.02. The predicted molar refractivity (Wildman–Crippen MR) is 126 cm³/mol. The van der Waals surface area contributed by atoms with E-state index in [0.29, 0.717) is 0 Å². The number of carbonyl (C=O) groups excluding carboxylic acids is 4. The first-order chi connectivity index (χ1) is 16.2. The number of hydrogen-bond acceptors (Lipinski definition) is 6. The topological polar surface area (TPSA) is 84.0 Å². The van der Waals surface area contributed by atoms with Crippen LogP contribution >= 0.6 is 0 Å². The Balaban J connectivity index is 1.68. The summed E-state index contributed by atoms with van der Waals surface area (Å²) < 4.78 is 4.88. The van der Waals surface area contributed by atoms with Crippen molar-refractivity contribution >= 4 is 35.3 Å². The lowest BCUT2D eigenvalue weighted by Gasteiger charge is -2.37. The highest BCUT2D eigenvalue weighted by Gasteiger charge is 2.65. The second-order valence-corrected chi connectivity index (χ2v) is 9.97. The lowest BCUT2D eigenvalue weighted by atomic mass is 9.79. The Morgan fingerprint density at radius 3 is 2.26 bits per heavy atom. The Kier molecular flexibility index (Phi) is 4.97. The predicted octanol–water partition coefficient (Wildman–Crippen LogP) is 3.60. The molecular formula is C27H26N2O5. The summed E-state index contributed by atoms with van der Waals surface area (Å²) >= 11 is 0. The van der Waals surface area contributed by atoms with Crippen LogP contribution in [0.5, 0.6) is 0 Å². The van der Waals surface area contributed by atoms with Crippen LogP contribution in [-0.4, -0.2) is 41.6 Å². The van der Waals surface area contributed by atoms with Crippen LogP contribution in [0.4, 0.5) is 5.69 Å². The number of benzene rings is 2. The van der Waals surface area contributed by atoms with Gasteiger partial charge in [-0.1, -0.05) is 57.2 Å². The molecule has 3 heterocycles. The first kappa shape index (κ1) is 22.1. The fraction of sp³-hybridized carbons (Fsp3) is 0.333. The largest absolute Gasteiger partial charge is 0.465 e. The summed E-state index contributed by atoms with van der Waals surface area (Å²) in [7, 11) is 1.25. The van der Waals surface area contributed by atoms with Crippen LogP contribution in [0.2, 0.25) is 0 Å². The number of rotatable bonds is 3. The minimum absolute atomic E-state index is 0.0988. The second-order valence-electron chi connectivity index (χ2n) is 9.97. The molecule has 4 atom stereocenters. The Morgan fingerprint density at radius 2 is 1.56 bits per heavy atom. The number of para-hydroxylation sites is 1. The van der Waals surface area contributed by atoms with Crippen LogP contribution in [0.25, 0.3) is 6.08 Å². The van der Waals surface area contributed by atoms with Gasteiger partial charge in [-0.3, -0.25) is 14.4 Å². The van der Waals surface area contributed by atoms with E-state index in [1.165, 1.54) is 13.2 Å². The average molecular weight is 459 g/mol. The van der Waals surface area contributed by atoms with Gasteiger partial charge in [0.2, 0.25) is 11.8 Å². The lowest BCUT2D eigenvalue weighted by Crippen LogP contribution is -2.48. The first-order valence-corrected chi connectivity index (χ1v) is 11.3. The van der Waals surface area contributed by atoms with Gasteiger partial charge in [0.25, 0.3) is 0 Å². The van der Waals surface area contributed by atoms with Crippen molar-refractivity contribution in [1.29, 1.82) is 0 Å². The lowest BCUT2D eigenvalue weighted by molar-refractivity contribution is -0.135. The van der Waals surface area contributed by atoms with E-state index in [1.54, 1.807) is 18.2 Å². The number of esters is 1. The number of amides is 2. The normalized spacial score (nSPS) is 25.2. The van der Waals surface area contributed by atoms with Crippen LogP contribution in [0, 0.1) is 17.3 Å². The zero-order valence-electron chi connectivity index (χ0n) is 19.5. The maximum atomic E-state index is 13.9. The smallest absolute Gasteiger partial charge is 0.339 e. The highest BCUT2D eigenvalue weighted by molar-refractivity contribution is 6.25. The van der Waals surface area contributed by atoms with E-state index in [2.05, 4.69) is 0 Å². The molecule has 2 aromatic rings. The van der Waals surface area contributed by atoms with Crippen molar-refractivity contribution in [2.75, 3.05) is 12.0 Å². The second kappa shape index (κ2) is 7.65. The summed E-state index contributed by atoms with van der Waals surface area (Å²) in [5, 5.41) is 0. The summed E-state index contributed by atoms with van der Waals surface area (Å²) in [4.78, 5) is 56.9. The van der Waals surface area contributed by atoms with Gasteiger partial charge >= 0.3 is 5.97 Å². The SMILES string of the molecule is COC(=O)c1ccccc1N1C(=O)[C@@H]2[C@H](C1=O)[C@H](C(=O)C(C)(C)C)N1C=Cc3ccccc3[C@@H]21. The van der Waals surface area contributed by atoms with Crippen molar-refractivity contribution in [2.45, 2.75) is 32.9 Å². The van der Waals surface area contributed by atoms with Gasteiger partial charge < -0.3 is 9.64 Å². The number of Topliss-reactive ketones (excluding diaryl/α,β-unsaturated/α-hetero) is 1. The van der Waals surface area contributed by atoms with Gasteiger partial charge in [-0.25, -0.2) is 9.69 Å². The molecule has 0 aromatic heterocycles. The molecule has 7 heteroatoms. The molecule has 0 radical (unpaired) electrons. The van der Waals surface area contributed by atoms with Crippen molar-refractivity contribution in [1.82, 2.24) is 4.90 Å². The van der Waals surface area contributed by atoms with E-state index in [4.69, 9.17) is 4.74 Å². The zero-order chi connectivity index (χ0) is 24.4. The maximum Gasteiger partial charge on any atom is 0.339 e. The maximum absolute atomic E-state index is 13.9. The number of carbonyl (C=O) groups is 4. The van der Waals surface area contributed by atoms with E-state index < -0.39 is 47.1 Å². The molecule has 3 aliphatic heterocycles. The first-order valence-electron chi connectivity index (χ1n) is 11.3. The Labute approximate surface area is 198 Å². The molecule has 5 rings (SSSR count). The summed E-state index contributed by atoms with van der Waals surface area (Å²) in [5.74, 6) is -3.21. The number of anilines is 1. The molecular weight excluding hydrogens is 432 g/mol. The Hall–Kier alpha value is -3.74. The highest BCUT2D eigenvalue weighted by Crippen LogP contribution is 2.54. The van der Waals surface area contributed by atoms with Crippen molar-refractivity contribution in [3.8, 4) is 0 Å². The van der Waals surface area contributed by atoms with Crippen LogP contribution in [-0.2, 0) is 19.1 Å². The summed E-state index contributed by atoms with van der Waals surface area (Å²) in [6.45, 7) is 5.47. The third kappa shape index (κ3) is 3.03. The fourth-order valence-electron chi connectivity index (χ4n) is 5.49. The fourth-order valence-corrected chi connectivity index (χ4v) is 5.49. The standard InChI is InChI=1S/C27H26N2O5/c1-27(2,3)23(30)22-20-19(21-16-10-6-5-9-15(16)13-14-28(21)22)24(31)29(25(20)32)18-12-8-7-11-17(18)26(33)34-4/h5-14,19-22H,1-4H3/t19-,20+,21+,22-/m1/s1. The molecule has 0 unspecified atom stereocenters. The van der Waals surface area contributed by atoms with Crippen LogP contribution < -0.4 is 4.90 Å². The molecule has 2 fully saturated rings. The molecule has 34 heavy (non-hydrogen) atoms.